The number of nitrogens with zero attached hydrogens (tertiary/aromatic N) is 2. The number of H-pyrrole nitrogens is 1. The van der Waals surface area contributed by atoms with E-state index in [9.17, 15) is 4.79 Å². The molecule has 0 amide bonds. The molecule has 0 saturated heterocycles. The highest BCUT2D eigenvalue weighted by Crippen LogP contribution is 2.20. The first-order chi connectivity index (χ1) is 12.7. The van der Waals surface area contributed by atoms with Crippen LogP contribution in [-0.4, -0.2) is 21.4 Å². The Bertz CT molecular complexity index is 1010. The van der Waals surface area contributed by atoms with E-state index in [0.29, 0.717) is 12.4 Å². The molecule has 0 bridgehead atoms. The maximum Gasteiger partial charge on any atom is 0.255 e. The normalized spacial score (nSPS) is 13.8. The Morgan fingerprint density at radius 3 is 2.62 bits per heavy atom. The molecule has 4 heteroatoms. The maximum absolute atomic E-state index is 12.6. The van der Waals surface area contributed by atoms with Crippen LogP contribution in [0, 0.1) is 12.3 Å². The number of terminal acetylenes is 1. The summed E-state index contributed by atoms with van der Waals surface area (Å²) in [5.74, 6) is 3.28. The van der Waals surface area contributed by atoms with E-state index in [1.54, 1.807) is 0 Å². The molecule has 0 spiro atoms. The van der Waals surface area contributed by atoms with Crippen LogP contribution in [0.15, 0.2) is 59.4 Å². The van der Waals surface area contributed by atoms with Crippen LogP contribution in [0.2, 0.25) is 0 Å². The Morgan fingerprint density at radius 2 is 1.88 bits per heavy atom. The molecule has 0 atom stereocenters. The number of aromatic amines is 1. The molecule has 26 heavy (non-hydrogen) atoms. The monoisotopic (exact) mass is 341 g/mol. The van der Waals surface area contributed by atoms with Crippen molar-refractivity contribution < 1.29 is 0 Å². The van der Waals surface area contributed by atoms with E-state index in [2.05, 4.69) is 15.8 Å². The molecular weight excluding hydrogens is 322 g/mol. The summed E-state index contributed by atoms with van der Waals surface area (Å²) < 4.78 is 0. The van der Waals surface area contributed by atoms with Crippen molar-refractivity contribution in [2.45, 2.75) is 19.5 Å². The first-order valence-corrected chi connectivity index (χ1v) is 8.68. The summed E-state index contributed by atoms with van der Waals surface area (Å²) in [6.45, 7) is 2.29. The van der Waals surface area contributed by atoms with Crippen LogP contribution in [-0.2, 0) is 19.5 Å². The predicted octanol–water partition coefficient (Wildman–Crippen LogP) is 2.98. The van der Waals surface area contributed by atoms with Gasteiger partial charge in [-0.3, -0.25) is 9.69 Å². The highest BCUT2D eigenvalue weighted by atomic mass is 16.1. The van der Waals surface area contributed by atoms with Gasteiger partial charge in [0.1, 0.15) is 5.82 Å². The number of rotatable bonds is 3. The number of fused-ring (bicyclic) bond motifs is 1. The largest absolute Gasteiger partial charge is 0.306 e. The smallest absolute Gasteiger partial charge is 0.255 e. The maximum atomic E-state index is 12.6. The van der Waals surface area contributed by atoms with Crippen molar-refractivity contribution in [3.63, 3.8) is 0 Å². The van der Waals surface area contributed by atoms with Crippen LogP contribution in [0.5, 0.6) is 0 Å². The van der Waals surface area contributed by atoms with Gasteiger partial charge >= 0.3 is 0 Å². The van der Waals surface area contributed by atoms with Gasteiger partial charge in [0.15, 0.2) is 0 Å². The second-order valence-electron chi connectivity index (χ2n) is 6.51. The first kappa shape index (κ1) is 16.3. The number of hydrogen-bond acceptors (Lipinski definition) is 3. The van der Waals surface area contributed by atoms with Gasteiger partial charge in [0.05, 0.1) is 11.3 Å². The highest BCUT2D eigenvalue weighted by molar-refractivity contribution is 5.54. The van der Waals surface area contributed by atoms with E-state index in [1.165, 1.54) is 5.56 Å². The van der Waals surface area contributed by atoms with Gasteiger partial charge < -0.3 is 4.98 Å². The van der Waals surface area contributed by atoms with Gasteiger partial charge in [-0.25, -0.2) is 4.98 Å². The van der Waals surface area contributed by atoms with Crippen LogP contribution < -0.4 is 5.56 Å². The zero-order chi connectivity index (χ0) is 17.9. The minimum atomic E-state index is -0.0405. The molecule has 3 aromatic rings. The lowest BCUT2D eigenvalue weighted by atomic mass is 10.0. The van der Waals surface area contributed by atoms with Crippen molar-refractivity contribution in [3.8, 4) is 23.7 Å². The Balaban J connectivity index is 1.55. The van der Waals surface area contributed by atoms with Gasteiger partial charge in [-0.05, 0) is 17.7 Å². The van der Waals surface area contributed by atoms with Crippen molar-refractivity contribution in [2.24, 2.45) is 0 Å². The van der Waals surface area contributed by atoms with Gasteiger partial charge in [-0.15, -0.1) is 6.42 Å². The topological polar surface area (TPSA) is 49.0 Å². The van der Waals surface area contributed by atoms with Crippen LogP contribution in [0.25, 0.3) is 11.4 Å². The lowest BCUT2D eigenvalue weighted by Gasteiger charge is -2.27. The molecule has 1 N–H and O–H groups in total. The predicted molar refractivity (Wildman–Crippen MR) is 102 cm³/mol. The summed E-state index contributed by atoms with van der Waals surface area (Å²) in [6.07, 6.45) is 6.18. The van der Waals surface area contributed by atoms with Crippen molar-refractivity contribution in [1.29, 1.82) is 0 Å². The SMILES string of the molecule is C#Cc1ccc(CN2CCc3nc(-c4ccccc4)[nH]c(=O)c3C2)cc1. The standard InChI is InChI=1S/C22H19N3O/c1-2-16-8-10-17(11-9-16)14-25-13-12-20-19(15-25)22(26)24-21(23-20)18-6-4-3-5-7-18/h1,3-11H,12-15H2,(H,23,24,26). The van der Waals surface area contributed by atoms with Gasteiger partial charge in [-0.1, -0.05) is 48.4 Å². The molecule has 0 fully saturated rings. The molecule has 4 rings (SSSR count). The summed E-state index contributed by atoms with van der Waals surface area (Å²) in [5.41, 5.74) is 4.65. The van der Waals surface area contributed by atoms with E-state index in [1.807, 2.05) is 54.6 Å². The third kappa shape index (κ3) is 3.30. The van der Waals surface area contributed by atoms with E-state index in [-0.39, 0.29) is 5.56 Å². The fourth-order valence-electron chi connectivity index (χ4n) is 3.31. The summed E-state index contributed by atoms with van der Waals surface area (Å²) in [7, 11) is 0. The van der Waals surface area contributed by atoms with Crippen LogP contribution >= 0.6 is 0 Å². The van der Waals surface area contributed by atoms with Crippen LogP contribution in [0.3, 0.4) is 0 Å². The molecule has 1 aliphatic rings. The zero-order valence-electron chi connectivity index (χ0n) is 14.4. The van der Waals surface area contributed by atoms with Crippen molar-refractivity contribution >= 4 is 0 Å². The lowest BCUT2D eigenvalue weighted by Crippen LogP contribution is -2.35. The molecule has 128 valence electrons. The molecule has 4 nitrogen and oxygen atoms in total. The fraction of sp³-hybridized carbons (Fsp3) is 0.182. The lowest BCUT2D eigenvalue weighted by molar-refractivity contribution is 0.242. The summed E-state index contributed by atoms with van der Waals surface area (Å²) in [4.78, 5) is 22.5. The van der Waals surface area contributed by atoms with Gasteiger partial charge in [0.25, 0.3) is 5.56 Å². The molecule has 0 aliphatic carbocycles. The van der Waals surface area contributed by atoms with Crippen molar-refractivity contribution in [1.82, 2.24) is 14.9 Å². The van der Waals surface area contributed by atoms with Crippen LogP contribution in [0.4, 0.5) is 0 Å². The summed E-state index contributed by atoms with van der Waals surface area (Å²) in [5, 5.41) is 0. The second-order valence-corrected chi connectivity index (χ2v) is 6.51. The summed E-state index contributed by atoms with van der Waals surface area (Å²) >= 11 is 0. The quantitative estimate of drug-likeness (QED) is 0.745. The Morgan fingerprint density at radius 1 is 1.12 bits per heavy atom. The fourth-order valence-corrected chi connectivity index (χ4v) is 3.31. The second kappa shape index (κ2) is 6.99. The third-order valence-corrected chi connectivity index (χ3v) is 4.72. The van der Waals surface area contributed by atoms with E-state index in [4.69, 9.17) is 11.4 Å². The Hall–Kier alpha value is -3.16. The molecule has 0 unspecified atom stereocenters. The molecule has 1 aromatic heterocycles. The van der Waals surface area contributed by atoms with E-state index in [0.717, 1.165) is 41.9 Å². The molecule has 2 heterocycles. The Kier molecular flexibility index (Phi) is 4.39. The average molecular weight is 341 g/mol. The van der Waals surface area contributed by atoms with Crippen molar-refractivity contribution in [2.75, 3.05) is 6.54 Å². The number of benzene rings is 2. The average Bonchev–Trinajstić information content (AvgIpc) is 2.69. The number of nitrogens with one attached hydrogen (secondary N) is 1. The van der Waals surface area contributed by atoms with Crippen molar-refractivity contribution in [3.05, 3.63) is 87.3 Å². The summed E-state index contributed by atoms with van der Waals surface area (Å²) in [6, 6.07) is 17.8. The minimum absolute atomic E-state index is 0.0405. The van der Waals surface area contributed by atoms with Crippen LogP contribution in [0.1, 0.15) is 22.4 Å². The Labute approximate surface area is 152 Å². The van der Waals surface area contributed by atoms with Gasteiger partial charge in [-0.2, -0.15) is 0 Å². The first-order valence-electron chi connectivity index (χ1n) is 8.68. The minimum Gasteiger partial charge on any atom is -0.306 e. The number of hydrogen-bond donors (Lipinski definition) is 1. The molecular formula is C22H19N3O. The van der Waals surface area contributed by atoms with Gasteiger partial charge in [0, 0.05) is 37.2 Å². The molecule has 0 radical (unpaired) electrons. The third-order valence-electron chi connectivity index (χ3n) is 4.72. The van der Waals surface area contributed by atoms with Gasteiger partial charge in [0.2, 0.25) is 0 Å². The molecule has 0 saturated carbocycles. The highest BCUT2D eigenvalue weighted by Gasteiger charge is 2.21. The van der Waals surface area contributed by atoms with E-state index >= 15 is 0 Å². The molecule has 2 aromatic carbocycles. The van der Waals surface area contributed by atoms with E-state index < -0.39 is 0 Å². The molecule has 1 aliphatic heterocycles. The zero-order valence-corrected chi connectivity index (χ0v) is 14.4. The number of aromatic nitrogens is 2.